The maximum atomic E-state index is 13.0. The Labute approximate surface area is 270 Å². The van der Waals surface area contributed by atoms with Crippen LogP contribution in [0.3, 0.4) is 0 Å². The van der Waals surface area contributed by atoms with Crippen LogP contribution in [0.2, 0.25) is 0 Å². The van der Waals surface area contributed by atoms with Gasteiger partial charge < -0.3 is 33.2 Å². The lowest BCUT2D eigenvalue weighted by atomic mass is 10.1. The van der Waals surface area contributed by atoms with Gasteiger partial charge in [-0.3, -0.25) is 0 Å². The Balaban J connectivity index is 1.52. The molecule has 0 aliphatic heterocycles. The van der Waals surface area contributed by atoms with E-state index in [9.17, 15) is 14.4 Å². The molecule has 0 saturated heterocycles. The zero-order chi connectivity index (χ0) is 33.1. The molecule has 46 heavy (non-hydrogen) atoms. The third kappa shape index (κ3) is 11.8. The number of carbonyl (C=O) groups excluding carboxylic acids is 3. The van der Waals surface area contributed by atoms with Gasteiger partial charge in [-0.1, -0.05) is 32.8 Å². The lowest BCUT2D eigenvalue weighted by Crippen LogP contribution is -2.13. The van der Waals surface area contributed by atoms with Crippen LogP contribution in [0.25, 0.3) is 0 Å². The fourth-order valence-corrected chi connectivity index (χ4v) is 4.22. The van der Waals surface area contributed by atoms with Crippen molar-refractivity contribution >= 4 is 17.9 Å². The number of hydrogen-bond donors (Lipinski definition) is 0. The molecular weight excluding hydrogens is 592 g/mol. The first kappa shape index (κ1) is 35.5. The quantitative estimate of drug-likeness (QED) is 0.0413. The van der Waals surface area contributed by atoms with Gasteiger partial charge in [0.25, 0.3) is 0 Å². The number of esters is 3. The van der Waals surface area contributed by atoms with Crippen molar-refractivity contribution in [3.8, 4) is 28.7 Å². The summed E-state index contributed by atoms with van der Waals surface area (Å²) in [6.45, 7) is 8.51. The lowest BCUT2D eigenvalue weighted by molar-refractivity contribution is -0.137. The highest BCUT2D eigenvalue weighted by molar-refractivity contribution is 5.95. The average molecular weight is 635 g/mol. The highest BCUT2D eigenvalue weighted by atomic mass is 16.7. The fourth-order valence-electron chi connectivity index (χ4n) is 4.22. The second-order valence-electron chi connectivity index (χ2n) is 10.2. The van der Waals surface area contributed by atoms with E-state index in [-0.39, 0.29) is 23.9 Å². The van der Waals surface area contributed by atoms with Gasteiger partial charge in [-0.05, 0) is 92.4 Å². The van der Waals surface area contributed by atoms with Crippen molar-refractivity contribution in [3.63, 3.8) is 0 Å². The van der Waals surface area contributed by atoms with Gasteiger partial charge in [0.1, 0.15) is 34.3 Å². The maximum absolute atomic E-state index is 13.0. The number of methoxy groups -OCH3 is 1. The van der Waals surface area contributed by atoms with E-state index in [0.29, 0.717) is 55.3 Å². The second kappa shape index (κ2) is 19.4. The molecular formula is C36H42O10. The minimum atomic E-state index is -0.662. The van der Waals surface area contributed by atoms with E-state index < -0.39 is 17.9 Å². The summed E-state index contributed by atoms with van der Waals surface area (Å²) >= 11 is 0. The summed E-state index contributed by atoms with van der Waals surface area (Å²) in [5, 5.41) is 0. The van der Waals surface area contributed by atoms with Crippen molar-refractivity contribution in [2.24, 2.45) is 0 Å². The van der Waals surface area contributed by atoms with E-state index in [1.54, 1.807) is 37.3 Å². The standard InChI is InChI=1S/C36H42O10/c1-5-7-8-9-20-41-27-12-14-28(15-13-27)44-25-45-33-19-17-30(24-32(33)35(38)40-4)46-36(39)31-18-16-29(23-26(31)3)42-21-10-11-22-43-34(37)6-2/h6,12-19,23-24H,2,5,7-11,20-22,25H2,1,3-4H3. The highest BCUT2D eigenvalue weighted by Gasteiger charge is 2.18. The molecule has 246 valence electrons. The fraction of sp³-hybridized carbons (Fsp3) is 0.361. The summed E-state index contributed by atoms with van der Waals surface area (Å²) < 4.78 is 38.3. The molecule has 0 heterocycles. The minimum Gasteiger partial charge on any atom is -0.494 e. The average Bonchev–Trinajstić information content (AvgIpc) is 3.06. The van der Waals surface area contributed by atoms with Crippen LogP contribution in [0.1, 0.15) is 71.7 Å². The molecule has 0 N–H and O–H groups in total. The van der Waals surface area contributed by atoms with Crippen LogP contribution in [-0.2, 0) is 14.3 Å². The first-order chi connectivity index (χ1) is 22.3. The molecule has 3 aromatic carbocycles. The number of ether oxygens (including phenoxy) is 7. The summed E-state index contributed by atoms with van der Waals surface area (Å²) in [6, 6.07) is 16.6. The topological polar surface area (TPSA) is 116 Å². The van der Waals surface area contributed by atoms with Crippen LogP contribution in [0.4, 0.5) is 0 Å². The largest absolute Gasteiger partial charge is 0.494 e. The van der Waals surface area contributed by atoms with Gasteiger partial charge in [-0.2, -0.15) is 0 Å². The number of rotatable bonds is 20. The zero-order valence-electron chi connectivity index (χ0n) is 26.7. The summed E-state index contributed by atoms with van der Waals surface area (Å²) in [4.78, 5) is 36.5. The van der Waals surface area contributed by atoms with Crippen LogP contribution in [0.5, 0.6) is 28.7 Å². The number of unbranched alkanes of at least 4 members (excludes halogenated alkanes) is 4. The molecule has 0 fully saturated rings. The maximum Gasteiger partial charge on any atom is 0.343 e. The van der Waals surface area contributed by atoms with Gasteiger partial charge in [0.2, 0.25) is 6.79 Å². The van der Waals surface area contributed by atoms with Gasteiger partial charge in [-0.25, -0.2) is 14.4 Å². The van der Waals surface area contributed by atoms with E-state index in [4.69, 9.17) is 33.2 Å². The molecule has 0 aliphatic carbocycles. The van der Waals surface area contributed by atoms with Gasteiger partial charge in [0.15, 0.2) is 0 Å². The van der Waals surface area contributed by atoms with Crippen molar-refractivity contribution in [1.29, 1.82) is 0 Å². The van der Waals surface area contributed by atoms with E-state index in [1.165, 1.54) is 38.2 Å². The molecule has 0 unspecified atom stereocenters. The Bertz CT molecular complexity index is 1430. The summed E-state index contributed by atoms with van der Waals surface area (Å²) in [5.41, 5.74) is 1.06. The Kier molecular flexibility index (Phi) is 15.0. The van der Waals surface area contributed by atoms with Crippen molar-refractivity contribution in [2.75, 3.05) is 33.7 Å². The monoisotopic (exact) mass is 634 g/mol. The van der Waals surface area contributed by atoms with Gasteiger partial charge in [-0.15, -0.1) is 0 Å². The lowest BCUT2D eigenvalue weighted by Gasteiger charge is -2.14. The van der Waals surface area contributed by atoms with Crippen LogP contribution in [0, 0.1) is 6.92 Å². The van der Waals surface area contributed by atoms with E-state index in [1.807, 2.05) is 12.1 Å². The number of aryl methyl sites for hydroxylation is 1. The van der Waals surface area contributed by atoms with Crippen LogP contribution < -0.4 is 23.7 Å². The van der Waals surface area contributed by atoms with E-state index in [2.05, 4.69) is 13.5 Å². The molecule has 3 rings (SSSR count). The summed E-state index contributed by atoms with van der Waals surface area (Å²) in [5.74, 6) is 0.555. The number of hydrogen-bond acceptors (Lipinski definition) is 10. The van der Waals surface area contributed by atoms with Crippen LogP contribution in [-0.4, -0.2) is 51.6 Å². The minimum absolute atomic E-state index is 0.0722. The van der Waals surface area contributed by atoms with Crippen LogP contribution in [0.15, 0.2) is 73.3 Å². The zero-order valence-corrected chi connectivity index (χ0v) is 26.7. The SMILES string of the molecule is C=CC(=O)OCCCCOc1ccc(C(=O)Oc2ccc(OCOc3ccc(OCCCCCC)cc3)c(C(=O)OC)c2)c(C)c1. The molecule has 0 aromatic heterocycles. The summed E-state index contributed by atoms with van der Waals surface area (Å²) in [6.07, 6.45) is 7.01. The van der Waals surface area contributed by atoms with Crippen molar-refractivity contribution in [1.82, 2.24) is 0 Å². The Hall–Kier alpha value is -4.99. The number of carbonyl (C=O) groups is 3. The molecule has 0 amide bonds. The molecule has 3 aromatic rings. The Morgan fingerprint density at radius 2 is 1.30 bits per heavy atom. The molecule has 0 bridgehead atoms. The van der Waals surface area contributed by atoms with E-state index >= 15 is 0 Å². The molecule has 0 aliphatic rings. The second-order valence-corrected chi connectivity index (χ2v) is 10.2. The normalized spacial score (nSPS) is 10.4. The molecule has 0 spiro atoms. The first-order valence-electron chi connectivity index (χ1n) is 15.3. The van der Waals surface area contributed by atoms with E-state index in [0.717, 1.165) is 24.7 Å². The third-order valence-corrected chi connectivity index (χ3v) is 6.73. The molecule has 10 heteroatoms. The first-order valence-corrected chi connectivity index (χ1v) is 15.3. The molecule has 0 radical (unpaired) electrons. The summed E-state index contributed by atoms with van der Waals surface area (Å²) in [7, 11) is 1.25. The van der Waals surface area contributed by atoms with Crippen LogP contribution >= 0.6 is 0 Å². The highest BCUT2D eigenvalue weighted by Crippen LogP contribution is 2.27. The molecule has 0 saturated carbocycles. The molecule has 0 atom stereocenters. The van der Waals surface area contributed by atoms with Gasteiger partial charge in [0, 0.05) is 6.08 Å². The Morgan fingerprint density at radius 1 is 0.674 bits per heavy atom. The Morgan fingerprint density at radius 3 is 1.98 bits per heavy atom. The van der Waals surface area contributed by atoms with Crippen molar-refractivity contribution < 1.29 is 47.5 Å². The number of benzene rings is 3. The van der Waals surface area contributed by atoms with Crippen molar-refractivity contribution in [3.05, 3.63) is 90.0 Å². The predicted octanol–water partition coefficient (Wildman–Crippen LogP) is 7.26. The predicted molar refractivity (Wildman–Crippen MR) is 172 cm³/mol. The van der Waals surface area contributed by atoms with Gasteiger partial charge >= 0.3 is 17.9 Å². The van der Waals surface area contributed by atoms with Gasteiger partial charge in [0.05, 0.1) is 32.5 Å². The molecule has 10 nitrogen and oxygen atoms in total. The third-order valence-electron chi connectivity index (χ3n) is 6.73. The smallest absolute Gasteiger partial charge is 0.343 e. The van der Waals surface area contributed by atoms with Crippen molar-refractivity contribution in [2.45, 2.75) is 52.4 Å².